The fourth-order valence-electron chi connectivity index (χ4n) is 3.54. The number of hydrogen-bond donors (Lipinski definition) is 1. The Kier molecular flexibility index (Phi) is 9.57. The van der Waals surface area contributed by atoms with E-state index in [1.54, 1.807) is 0 Å². The van der Waals surface area contributed by atoms with E-state index in [2.05, 4.69) is 22.2 Å². The van der Waals surface area contributed by atoms with Crippen LogP contribution in [0.3, 0.4) is 0 Å². The van der Waals surface area contributed by atoms with E-state index in [-0.39, 0.29) is 30.7 Å². The Labute approximate surface area is 163 Å². The van der Waals surface area contributed by atoms with Crippen molar-refractivity contribution in [2.75, 3.05) is 58.2 Å². The van der Waals surface area contributed by atoms with Gasteiger partial charge in [0.05, 0.1) is 6.54 Å². The van der Waals surface area contributed by atoms with E-state index in [4.69, 9.17) is 0 Å². The largest absolute Gasteiger partial charge is 0.376 e. The number of nitrogens with zero attached hydrogens (tertiary/aromatic N) is 3. The van der Waals surface area contributed by atoms with Crippen molar-refractivity contribution in [1.29, 1.82) is 0 Å². The van der Waals surface area contributed by atoms with Crippen molar-refractivity contribution >= 4 is 36.4 Å². The normalized spacial score (nSPS) is 19.6. The Balaban J connectivity index is 0.00000156. The number of carbonyl (C=O) groups excluding carboxylic acids is 1. The molecule has 2 saturated heterocycles. The first-order chi connectivity index (χ1) is 11.2. The van der Waals surface area contributed by atoms with Gasteiger partial charge in [0, 0.05) is 37.9 Å². The third-order valence-corrected chi connectivity index (χ3v) is 5.09. The lowest BCUT2D eigenvalue weighted by atomic mass is 10.0. The minimum atomic E-state index is 0. The molecular formula is C18H30Cl2N4O. The number of hydrogen-bond acceptors (Lipinski definition) is 4. The topological polar surface area (TPSA) is 38.8 Å². The van der Waals surface area contributed by atoms with Gasteiger partial charge in [-0.25, -0.2) is 0 Å². The number of amides is 1. The SMILES string of the molecule is CN1CCC(N2CCN(C(=O)CNc3ccccc3)CC2)CC1.Cl.Cl. The summed E-state index contributed by atoms with van der Waals surface area (Å²) in [5.41, 5.74) is 1.01. The summed E-state index contributed by atoms with van der Waals surface area (Å²) in [6.07, 6.45) is 2.53. The number of halogens is 2. The molecule has 0 radical (unpaired) electrons. The number of para-hydroxylation sites is 1. The molecule has 25 heavy (non-hydrogen) atoms. The highest BCUT2D eigenvalue weighted by Crippen LogP contribution is 2.17. The van der Waals surface area contributed by atoms with Gasteiger partial charge in [-0.15, -0.1) is 24.8 Å². The second-order valence-electron chi connectivity index (χ2n) is 6.67. The number of nitrogens with one attached hydrogen (secondary N) is 1. The molecule has 0 spiro atoms. The van der Waals surface area contributed by atoms with Crippen molar-refractivity contribution in [2.24, 2.45) is 0 Å². The van der Waals surface area contributed by atoms with E-state index < -0.39 is 0 Å². The number of piperidine rings is 1. The molecule has 0 bridgehead atoms. The highest BCUT2D eigenvalue weighted by Gasteiger charge is 2.27. The van der Waals surface area contributed by atoms with Crippen LogP contribution >= 0.6 is 24.8 Å². The Hall–Kier alpha value is -1.01. The molecule has 7 heteroatoms. The Morgan fingerprint density at radius 2 is 1.60 bits per heavy atom. The Morgan fingerprint density at radius 3 is 2.20 bits per heavy atom. The molecule has 0 atom stereocenters. The molecule has 0 aromatic heterocycles. The second-order valence-corrected chi connectivity index (χ2v) is 6.67. The van der Waals surface area contributed by atoms with Gasteiger partial charge in [-0.05, 0) is 45.1 Å². The fraction of sp³-hybridized carbons (Fsp3) is 0.611. The Morgan fingerprint density at radius 1 is 1.00 bits per heavy atom. The monoisotopic (exact) mass is 388 g/mol. The molecule has 1 aromatic rings. The lowest BCUT2D eigenvalue weighted by molar-refractivity contribution is -0.131. The quantitative estimate of drug-likeness (QED) is 0.857. The van der Waals surface area contributed by atoms with E-state index in [1.807, 2.05) is 35.2 Å². The molecule has 2 aliphatic heterocycles. The smallest absolute Gasteiger partial charge is 0.241 e. The van der Waals surface area contributed by atoms with E-state index in [0.717, 1.165) is 31.9 Å². The highest BCUT2D eigenvalue weighted by atomic mass is 35.5. The van der Waals surface area contributed by atoms with Crippen LogP contribution < -0.4 is 5.32 Å². The van der Waals surface area contributed by atoms with Gasteiger partial charge >= 0.3 is 0 Å². The fourth-order valence-corrected chi connectivity index (χ4v) is 3.54. The van der Waals surface area contributed by atoms with Crippen molar-refractivity contribution in [2.45, 2.75) is 18.9 Å². The van der Waals surface area contributed by atoms with Crippen LogP contribution in [-0.4, -0.2) is 79.5 Å². The van der Waals surface area contributed by atoms with E-state index in [9.17, 15) is 4.79 Å². The molecule has 0 saturated carbocycles. The second kappa shape index (κ2) is 10.9. The van der Waals surface area contributed by atoms with Crippen molar-refractivity contribution < 1.29 is 4.79 Å². The van der Waals surface area contributed by atoms with Gasteiger partial charge in [0.1, 0.15) is 0 Å². The number of piperazine rings is 1. The minimum Gasteiger partial charge on any atom is -0.376 e. The first-order valence-corrected chi connectivity index (χ1v) is 8.71. The minimum absolute atomic E-state index is 0. The summed E-state index contributed by atoms with van der Waals surface area (Å²) in [4.78, 5) is 19.3. The summed E-state index contributed by atoms with van der Waals surface area (Å²) >= 11 is 0. The molecule has 142 valence electrons. The van der Waals surface area contributed by atoms with Crippen molar-refractivity contribution in [3.05, 3.63) is 30.3 Å². The maximum absolute atomic E-state index is 12.3. The van der Waals surface area contributed by atoms with E-state index in [0.29, 0.717) is 12.6 Å². The molecule has 2 aliphatic rings. The molecule has 1 aromatic carbocycles. The summed E-state index contributed by atoms with van der Waals surface area (Å²) in [5.74, 6) is 0.205. The predicted octanol–water partition coefficient (Wildman–Crippen LogP) is 2.18. The van der Waals surface area contributed by atoms with Crippen LogP contribution in [0.4, 0.5) is 5.69 Å². The average molecular weight is 389 g/mol. The van der Waals surface area contributed by atoms with Crippen molar-refractivity contribution in [3.63, 3.8) is 0 Å². The maximum atomic E-state index is 12.3. The van der Waals surface area contributed by atoms with Crippen LogP contribution in [0.1, 0.15) is 12.8 Å². The van der Waals surface area contributed by atoms with Gasteiger partial charge in [-0.1, -0.05) is 18.2 Å². The lowest BCUT2D eigenvalue weighted by Crippen LogP contribution is -2.54. The van der Waals surface area contributed by atoms with Crippen LogP contribution in [0, 0.1) is 0 Å². The average Bonchev–Trinajstić information content (AvgIpc) is 2.61. The van der Waals surface area contributed by atoms with E-state index >= 15 is 0 Å². The maximum Gasteiger partial charge on any atom is 0.241 e. The standard InChI is InChI=1S/C18H28N4O.2ClH/c1-20-9-7-17(8-10-20)21-11-13-22(14-12-21)18(23)15-19-16-5-3-2-4-6-16;;/h2-6,17,19H,7-15H2,1H3;2*1H. The van der Waals surface area contributed by atoms with Crippen LogP contribution in [0.2, 0.25) is 0 Å². The first-order valence-electron chi connectivity index (χ1n) is 8.71. The molecule has 1 N–H and O–H groups in total. The predicted molar refractivity (Wildman–Crippen MR) is 108 cm³/mol. The highest BCUT2D eigenvalue weighted by molar-refractivity contribution is 5.85. The molecule has 2 fully saturated rings. The van der Waals surface area contributed by atoms with Gasteiger partial charge in [-0.2, -0.15) is 0 Å². The molecule has 5 nitrogen and oxygen atoms in total. The molecule has 0 unspecified atom stereocenters. The number of anilines is 1. The first kappa shape index (κ1) is 22.0. The zero-order valence-corrected chi connectivity index (χ0v) is 16.5. The summed E-state index contributed by atoms with van der Waals surface area (Å²) in [5, 5.41) is 3.21. The van der Waals surface area contributed by atoms with Crippen LogP contribution in [0.5, 0.6) is 0 Å². The zero-order chi connectivity index (χ0) is 16.1. The zero-order valence-electron chi connectivity index (χ0n) is 14.9. The molecule has 3 rings (SSSR count). The van der Waals surface area contributed by atoms with Gasteiger partial charge in [0.15, 0.2) is 0 Å². The number of rotatable bonds is 4. The third-order valence-electron chi connectivity index (χ3n) is 5.09. The summed E-state index contributed by atoms with van der Waals surface area (Å²) < 4.78 is 0. The van der Waals surface area contributed by atoms with Gasteiger partial charge < -0.3 is 15.1 Å². The molecule has 0 aliphatic carbocycles. The third kappa shape index (κ3) is 6.33. The van der Waals surface area contributed by atoms with Crippen molar-refractivity contribution in [1.82, 2.24) is 14.7 Å². The van der Waals surface area contributed by atoms with Gasteiger partial charge in [0.25, 0.3) is 0 Å². The van der Waals surface area contributed by atoms with Crippen LogP contribution in [0.25, 0.3) is 0 Å². The van der Waals surface area contributed by atoms with E-state index in [1.165, 1.54) is 25.9 Å². The number of likely N-dealkylation sites (tertiary alicyclic amines) is 1. The van der Waals surface area contributed by atoms with Gasteiger partial charge in [-0.3, -0.25) is 9.69 Å². The molecular weight excluding hydrogens is 359 g/mol. The van der Waals surface area contributed by atoms with Crippen LogP contribution in [-0.2, 0) is 4.79 Å². The van der Waals surface area contributed by atoms with Gasteiger partial charge in [0.2, 0.25) is 5.91 Å². The van der Waals surface area contributed by atoms with Crippen LogP contribution in [0.15, 0.2) is 30.3 Å². The molecule has 1 amide bonds. The number of benzene rings is 1. The molecule has 2 heterocycles. The Bertz CT molecular complexity index is 501. The van der Waals surface area contributed by atoms with Crippen molar-refractivity contribution in [3.8, 4) is 0 Å². The number of carbonyl (C=O) groups is 1. The summed E-state index contributed by atoms with van der Waals surface area (Å²) in [6.45, 7) is 6.55. The summed E-state index contributed by atoms with van der Waals surface area (Å²) in [6, 6.07) is 10.6. The lowest BCUT2D eigenvalue weighted by Gasteiger charge is -2.42. The summed E-state index contributed by atoms with van der Waals surface area (Å²) in [7, 11) is 2.20.